The van der Waals surface area contributed by atoms with E-state index >= 15 is 0 Å². The van der Waals surface area contributed by atoms with Gasteiger partial charge in [0.2, 0.25) is 5.91 Å². The van der Waals surface area contributed by atoms with Gasteiger partial charge in [0.1, 0.15) is 0 Å². The lowest BCUT2D eigenvalue weighted by Crippen LogP contribution is -2.51. The first-order chi connectivity index (χ1) is 6.81. The number of hydrogen-bond donors (Lipinski definition) is 1. The summed E-state index contributed by atoms with van der Waals surface area (Å²) in [4.78, 5) is 16.0. The van der Waals surface area contributed by atoms with Crippen molar-refractivity contribution in [1.82, 2.24) is 15.1 Å². The molecule has 0 radical (unpaired) electrons. The highest BCUT2D eigenvalue weighted by Gasteiger charge is 2.31. The lowest BCUT2D eigenvalue weighted by Gasteiger charge is -2.34. The van der Waals surface area contributed by atoms with Crippen LogP contribution in [0.5, 0.6) is 0 Å². The van der Waals surface area contributed by atoms with Crippen molar-refractivity contribution in [2.45, 2.75) is 18.9 Å². The van der Waals surface area contributed by atoms with Gasteiger partial charge in [0.15, 0.2) is 0 Å². The van der Waals surface area contributed by atoms with Crippen LogP contribution in [-0.2, 0) is 4.79 Å². The Balaban J connectivity index is 1.74. The van der Waals surface area contributed by atoms with Crippen LogP contribution in [0.4, 0.5) is 0 Å². The summed E-state index contributed by atoms with van der Waals surface area (Å²) in [6, 6.07) is 0.844. The van der Waals surface area contributed by atoms with Gasteiger partial charge in [-0.2, -0.15) is 0 Å². The van der Waals surface area contributed by atoms with Crippen LogP contribution in [0.2, 0.25) is 0 Å². The minimum absolute atomic E-state index is 0.239. The number of likely N-dealkylation sites (N-methyl/N-ethyl adjacent to an activating group) is 1. The Morgan fingerprint density at radius 1 is 1.29 bits per heavy atom. The predicted octanol–water partition coefficient (Wildman–Crippen LogP) is -0.488. The molecule has 1 amide bonds. The fraction of sp³-hybridized carbons (Fsp3) is 0.900. The lowest BCUT2D eigenvalue weighted by molar-refractivity contribution is -0.131. The van der Waals surface area contributed by atoms with E-state index in [-0.39, 0.29) is 5.91 Å². The summed E-state index contributed by atoms with van der Waals surface area (Å²) in [6.45, 7) is 4.44. The summed E-state index contributed by atoms with van der Waals surface area (Å²) in [5.74, 6) is 0.239. The Kier molecular flexibility index (Phi) is 3.03. The molecule has 0 atom stereocenters. The molecule has 0 aromatic heterocycles. The molecular weight excluding hydrogens is 178 g/mol. The Morgan fingerprint density at radius 3 is 2.43 bits per heavy atom. The van der Waals surface area contributed by atoms with Gasteiger partial charge < -0.3 is 10.2 Å². The first-order valence-electron chi connectivity index (χ1n) is 5.47. The molecule has 2 rings (SSSR count). The van der Waals surface area contributed by atoms with Crippen molar-refractivity contribution in [3.63, 3.8) is 0 Å². The van der Waals surface area contributed by atoms with E-state index in [0.717, 1.165) is 32.2 Å². The number of nitrogens with one attached hydrogen (secondary N) is 1. The molecule has 4 nitrogen and oxygen atoms in total. The van der Waals surface area contributed by atoms with Crippen molar-refractivity contribution < 1.29 is 4.79 Å². The van der Waals surface area contributed by atoms with Gasteiger partial charge in [0.05, 0.1) is 6.54 Å². The topological polar surface area (TPSA) is 35.6 Å². The highest BCUT2D eigenvalue weighted by molar-refractivity contribution is 5.78. The maximum Gasteiger partial charge on any atom is 0.236 e. The monoisotopic (exact) mass is 197 g/mol. The molecule has 2 fully saturated rings. The summed E-state index contributed by atoms with van der Waals surface area (Å²) in [5, 5.41) is 2.91. The smallest absolute Gasteiger partial charge is 0.236 e. The van der Waals surface area contributed by atoms with Gasteiger partial charge in [-0.05, 0) is 19.9 Å². The molecule has 1 saturated carbocycles. The lowest BCUT2D eigenvalue weighted by atomic mass is 10.3. The van der Waals surface area contributed by atoms with Crippen molar-refractivity contribution in [2.24, 2.45) is 0 Å². The quantitative estimate of drug-likeness (QED) is 0.663. The number of carbonyl (C=O) groups is 1. The van der Waals surface area contributed by atoms with Crippen LogP contribution in [0.15, 0.2) is 0 Å². The van der Waals surface area contributed by atoms with Crippen molar-refractivity contribution in [3.05, 3.63) is 0 Å². The molecule has 1 N–H and O–H groups in total. The Bertz CT molecular complexity index is 207. The fourth-order valence-corrected chi connectivity index (χ4v) is 2.04. The number of nitrogens with zero attached hydrogens (tertiary/aromatic N) is 2. The van der Waals surface area contributed by atoms with E-state index in [2.05, 4.69) is 10.2 Å². The van der Waals surface area contributed by atoms with Gasteiger partial charge in [-0.25, -0.2) is 0 Å². The van der Waals surface area contributed by atoms with Crippen LogP contribution in [0.1, 0.15) is 12.8 Å². The maximum atomic E-state index is 11.5. The third-order valence-corrected chi connectivity index (χ3v) is 3.06. The van der Waals surface area contributed by atoms with E-state index in [9.17, 15) is 4.79 Å². The van der Waals surface area contributed by atoms with Crippen molar-refractivity contribution >= 4 is 5.91 Å². The summed E-state index contributed by atoms with van der Waals surface area (Å²) in [5.41, 5.74) is 0. The van der Waals surface area contributed by atoms with Gasteiger partial charge in [-0.1, -0.05) is 0 Å². The molecule has 0 spiro atoms. The van der Waals surface area contributed by atoms with E-state index in [1.54, 1.807) is 0 Å². The summed E-state index contributed by atoms with van der Waals surface area (Å²) >= 11 is 0. The Hall–Kier alpha value is -0.610. The van der Waals surface area contributed by atoms with Gasteiger partial charge >= 0.3 is 0 Å². The minimum atomic E-state index is 0.239. The molecular formula is C10H19N3O. The normalized spacial score (nSPS) is 23.9. The molecule has 0 bridgehead atoms. The molecule has 4 heteroatoms. The molecule has 80 valence electrons. The van der Waals surface area contributed by atoms with Crippen LogP contribution in [0.3, 0.4) is 0 Å². The first-order valence-corrected chi connectivity index (χ1v) is 5.47. The first kappa shape index (κ1) is 9.93. The zero-order chi connectivity index (χ0) is 9.97. The third kappa shape index (κ3) is 2.25. The molecule has 2 aliphatic rings. The van der Waals surface area contributed by atoms with E-state index in [1.807, 2.05) is 11.9 Å². The molecule has 14 heavy (non-hydrogen) atoms. The van der Waals surface area contributed by atoms with Gasteiger partial charge in [-0.15, -0.1) is 0 Å². The Labute approximate surface area is 85.2 Å². The summed E-state index contributed by atoms with van der Waals surface area (Å²) in [7, 11) is 1.82. The van der Waals surface area contributed by atoms with E-state index in [1.165, 1.54) is 12.8 Å². The SMILES string of the molecule is CNCC(=O)N1CCN(C2CC2)CC1. The largest absolute Gasteiger partial charge is 0.339 e. The number of carbonyl (C=O) groups excluding carboxylic acids is 1. The van der Waals surface area contributed by atoms with Gasteiger partial charge in [0.25, 0.3) is 0 Å². The number of hydrogen-bond acceptors (Lipinski definition) is 3. The van der Waals surface area contributed by atoms with E-state index < -0.39 is 0 Å². The van der Waals surface area contributed by atoms with E-state index in [4.69, 9.17) is 0 Å². The highest BCUT2D eigenvalue weighted by Crippen LogP contribution is 2.27. The van der Waals surface area contributed by atoms with Crippen molar-refractivity contribution in [2.75, 3.05) is 39.8 Å². The minimum Gasteiger partial charge on any atom is -0.339 e. The summed E-state index contributed by atoms with van der Waals surface area (Å²) < 4.78 is 0. The predicted molar refractivity (Wildman–Crippen MR) is 55.1 cm³/mol. The second-order valence-electron chi connectivity index (χ2n) is 4.18. The second kappa shape index (κ2) is 4.28. The van der Waals surface area contributed by atoms with Crippen molar-refractivity contribution in [3.8, 4) is 0 Å². The Morgan fingerprint density at radius 2 is 1.93 bits per heavy atom. The number of piperazine rings is 1. The summed E-state index contributed by atoms with van der Waals surface area (Å²) in [6.07, 6.45) is 2.73. The molecule has 0 aromatic carbocycles. The maximum absolute atomic E-state index is 11.5. The zero-order valence-corrected chi connectivity index (χ0v) is 8.83. The van der Waals surface area contributed by atoms with Gasteiger partial charge in [0, 0.05) is 32.2 Å². The molecule has 0 aromatic rings. The van der Waals surface area contributed by atoms with Crippen LogP contribution in [0.25, 0.3) is 0 Å². The number of rotatable bonds is 3. The highest BCUT2D eigenvalue weighted by atomic mass is 16.2. The average Bonchev–Trinajstić information content (AvgIpc) is 3.02. The zero-order valence-electron chi connectivity index (χ0n) is 8.83. The molecule has 1 aliphatic carbocycles. The number of amides is 1. The van der Waals surface area contributed by atoms with Crippen molar-refractivity contribution in [1.29, 1.82) is 0 Å². The second-order valence-corrected chi connectivity index (χ2v) is 4.18. The van der Waals surface area contributed by atoms with E-state index in [0.29, 0.717) is 6.54 Å². The molecule has 0 unspecified atom stereocenters. The van der Waals surface area contributed by atoms with Crippen LogP contribution < -0.4 is 5.32 Å². The average molecular weight is 197 g/mol. The molecule has 1 aliphatic heterocycles. The molecule has 1 heterocycles. The van der Waals surface area contributed by atoms with Crippen LogP contribution in [0, 0.1) is 0 Å². The third-order valence-electron chi connectivity index (χ3n) is 3.06. The molecule has 1 saturated heterocycles. The van der Waals surface area contributed by atoms with Crippen LogP contribution >= 0.6 is 0 Å². The standard InChI is InChI=1S/C10H19N3O/c1-11-8-10(14)13-6-4-12(5-7-13)9-2-3-9/h9,11H,2-8H2,1H3. The van der Waals surface area contributed by atoms with Crippen LogP contribution in [-0.4, -0.2) is 61.5 Å². The van der Waals surface area contributed by atoms with Gasteiger partial charge in [-0.3, -0.25) is 9.69 Å². The fourth-order valence-electron chi connectivity index (χ4n) is 2.04.